The Morgan fingerprint density at radius 1 is 1.39 bits per heavy atom. The standard InChI is InChI=1S/C14H17NO3/c1-8-14(3,4)11-7-10(13(17)18)5-6-12(11)15(8)9(2)16/h5-7,9,16H,1-4H3/p+1. The van der Waals surface area contributed by atoms with Crippen LogP contribution in [0.5, 0.6) is 0 Å². The summed E-state index contributed by atoms with van der Waals surface area (Å²) in [5.41, 5.74) is 2.87. The highest BCUT2D eigenvalue weighted by Crippen LogP contribution is 2.40. The monoisotopic (exact) mass is 248 g/mol. The van der Waals surface area contributed by atoms with E-state index in [4.69, 9.17) is 5.11 Å². The fraction of sp³-hybridized carbons (Fsp3) is 0.429. The van der Waals surface area contributed by atoms with Crippen molar-refractivity contribution in [2.45, 2.75) is 39.3 Å². The smallest absolute Gasteiger partial charge is 0.335 e. The van der Waals surface area contributed by atoms with Crippen LogP contribution in [0.2, 0.25) is 0 Å². The zero-order chi connectivity index (χ0) is 13.7. The third kappa shape index (κ3) is 1.64. The Morgan fingerprint density at radius 3 is 2.50 bits per heavy atom. The lowest BCUT2D eigenvalue weighted by Crippen LogP contribution is -2.29. The summed E-state index contributed by atoms with van der Waals surface area (Å²) < 4.78 is 1.85. The van der Waals surface area contributed by atoms with Crippen molar-refractivity contribution in [3.63, 3.8) is 0 Å². The second-order valence-electron chi connectivity index (χ2n) is 5.25. The van der Waals surface area contributed by atoms with E-state index >= 15 is 0 Å². The Balaban J connectivity index is 2.68. The molecule has 18 heavy (non-hydrogen) atoms. The first-order valence-electron chi connectivity index (χ1n) is 5.96. The van der Waals surface area contributed by atoms with Crippen LogP contribution in [0.25, 0.3) is 0 Å². The van der Waals surface area contributed by atoms with Crippen molar-refractivity contribution < 1.29 is 19.6 Å². The summed E-state index contributed by atoms with van der Waals surface area (Å²) >= 11 is 0. The number of rotatable bonds is 2. The first-order chi connectivity index (χ1) is 8.26. The Labute approximate surface area is 106 Å². The van der Waals surface area contributed by atoms with Crippen LogP contribution in [-0.4, -0.2) is 32.7 Å². The number of aromatic carboxylic acids is 1. The number of fused-ring (bicyclic) bond motifs is 1. The van der Waals surface area contributed by atoms with Crippen molar-refractivity contribution in [1.29, 1.82) is 0 Å². The molecule has 4 heteroatoms. The number of benzene rings is 1. The molecule has 2 rings (SSSR count). The van der Waals surface area contributed by atoms with Gasteiger partial charge in [0, 0.05) is 25.5 Å². The first kappa shape index (κ1) is 12.8. The van der Waals surface area contributed by atoms with Gasteiger partial charge in [0.25, 0.3) is 6.23 Å². The number of aliphatic hydroxyl groups is 1. The SMILES string of the molecule is CC1=[N+](C(C)O)c2ccc(C(=O)O)cc2C1(C)C. The topological polar surface area (TPSA) is 60.5 Å². The zero-order valence-electron chi connectivity index (χ0n) is 11.1. The highest BCUT2D eigenvalue weighted by atomic mass is 16.4. The van der Waals surface area contributed by atoms with Gasteiger partial charge in [-0.2, -0.15) is 4.58 Å². The molecular formula is C14H18NO3+. The Hall–Kier alpha value is -1.68. The van der Waals surface area contributed by atoms with E-state index < -0.39 is 12.2 Å². The number of carbonyl (C=O) groups is 1. The van der Waals surface area contributed by atoms with Crippen LogP contribution in [0, 0.1) is 0 Å². The molecule has 4 nitrogen and oxygen atoms in total. The second-order valence-corrected chi connectivity index (χ2v) is 5.25. The molecule has 0 amide bonds. The summed E-state index contributed by atoms with van der Waals surface area (Å²) in [6.45, 7) is 7.75. The lowest BCUT2D eigenvalue weighted by molar-refractivity contribution is -0.530. The van der Waals surface area contributed by atoms with E-state index in [1.807, 2.05) is 25.3 Å². The van der Waals surface area contributed by atoms with E-state index in [1.54, 1.807) is 25.1 Å². The molecule has 0 aliphatic carbocycles. The van der Waals surface area contributed by atoms with Crippen molar-refractivity contribution >= 4 is 17.4 Å². The van der Waals surface area contributed by atoms with Crippen LogP contribution in [-0.2, 0) is 5.41 Å². The first-order valence-corrected chi connectivity index (χ1v) is 5.96. The number of carboxylic acids is 1. The molecular weight excluding hydrogens is 230 g/mol. The minimum absolute atomic E-state index is 0.266. The van der Waals surface area contributed by atoms with Crippen molar-refractivity contribution in [2.75, 3.05) is 0 Å². The summed E-state index contributed by atoms with van der Waals surface area (Å²) in [4.78, 5) is 11.0. The predicted molar refractivity (Wildman–Crippen MR) is 68.7 cm³/mol. The van der Waals surface area contributed by atoms with E-state index in [1.165, 1.54) is 0 Å². The lowest BCUT2D eigenvalue weighted by Gasteiger charge is -2.15. The highest BCUT2D eigenvalue weighted by Gasteiger charge is 2.44. The van der Waals surface area contributed by atoms with Crippen LogP contribution in [0.15, 0.2) is 18.2 Å². The molecule has 0 fully saturated rings. The predicted octanol–water partition coefficient (Wildman–Crippen LogP) is 2.12. The van der Waals surface area contributed by atoms with Gasteiger partial charge in [0.15, 0.2) is 5.71 Å². The van der Waals surface area contributed by atoms with Crippen molar-refractivity contribution in [3.8, 4) is 0 Å². The van der Waals surface area contributed by atoms with Crippen molar-refractivity contribution in [3.05, 3.63) is 29.3 Å². The molecule has 2 N–H and O–H groups in total. The van der Waals surface area contributed by atoms with Crippen LogP contribution in [0.3, 0.4) is 0 Å². The van der Waals surface area contributed by atoms with Gasteiger partial charge in [-0.15, -0.1) is 0 Å². The van der Waals surface area contributed by atoms with E-state index in [0.29, 0.717) is 0 Å². The third-order valence-electron chi connectivity index (χ3n) is 3.82. The molecule has 1 aromatic rings. The fourth-order valence-electron chi connectivity index (χ4n) is 2.54. The molecule has 0 radical (unpaired) electrons. The average molecular weight is 248 g/mol. The molecule has 0 aromatic heterocycles. The van der Waals surface area contributed by atoms with Gasteiger partial charge in [0.2, 0.25) is 5.69 Å². The maximum atomic E-state index is 11.0. The molecule has 96 valence electrons. The van der Waals surface area contributed by atoms with Crippen molar-refractivity contribution in [1.82, 2.24) is 0 Å². The Kier molecular flexibility index (Phi) is 2.78. The second kappa shape index (κ2) is 3.92. The molecule has 1 aliphatic heterocycles. The highest BCUT2D eigenvalue weighted by molar-refractivity contribution is 5.95. The van der Waals surface area contributed by atoms with E-state index in [9.17, 15) is 9.90 Å². The average Bonchev–Trinajstić information content (AvgIpc) is 2.47. The number of nitrogens with zero attached hydrogens (tertiary/aromatic N) is 1. The van der Waals surface area contributed by atoms with E-state index in [0.717, 1.165) is 17.0 Å². The maximum absolute atomic E-state index is 11.0. The Bertz CT molecular complexity index is 556. The normalized spacial score (nSPS) is 18.7. The molecule has 0 saturated heterocycles. The maximum Gasteiger partial charge on any atom is 0.335 e. The quantitative estimate of drug-likeness (QED) is 0.788. The molecule has 1 heterocycles. The summed E-state index contributed by atoms with van der Waals surface area (Å²) in [7, 11) is 0. The number of carboxylic acid groups (broad SMARTS) is 1. The minimum atomic E-state index is -0.929. The van der Waals surface area contributed by atoms with Gasteiger partial charge in [0.05, 0.1) is 11.0 Å². The lowest BCUT2D eigenvalue weighted by atomic mass is 9.81. The van der Waals surface area contributed by atoms with E-state index in [-0.39, 0.29) is 11.0 Å². The third-order valence-corrected chi connectivity index (χ3v) is 3.82. The number of hydrogen-bond acceptors (Lipinski definition) is 2. The summed E-state index contributed by atoms with van der Waals surface area (Å²) in [5, 5.41) is 18.9. The fourth-order valence-corrected chi connectivity index (χ4v) is 2.54. The number of aliphatic hydroxyl groups excluding tert-OH is 1. The molecule has 1 aliphatic rings. The summed E-state index contributed by atoms with van der Waals surface area (Å²) in [6, 6.07) is 5.04. The van der Waals surface area contributed by atoms with Gasteiger partial charge in [-0.1, -0.05) is 0 Å². The van der Waals surface area contributed by atoms with Gasteiger partial charge in [-0.25, -0.2) is 4.79 Å². The van der Waals surface area contributed by atoms with E-state index in [2.05, 4.69) is 0 Å². The summed E-state index contributed by atoms with van der Waals surface area (Å²) in [5.74, 6) is -0.929. The summed E-state index contributed by atoms with van der Waals surface area (Å²) in [6.07, 6.45) is -0.624. The largest absolute Gasteiger partial charge is 0.478 e. The van der Waals surface area contributed by atoms with Crippen LogP contribution in [0.4, 0.5) is 5.69 Å². The van der Waals surface area contributed by atoms with Crippen molar-refractivity contribution in [2.24, 2.45) is 0 Å². The van der Waals surface area contributed by atoms with Gasteiger partial charge < -0.3 is 10.2 Å². The van der Waals surface area contributed by atoms with Gasteiger partial charge in [0.1, 0.15) is 0 Å². The van der Waals surface area contributed by atoms with Crippen LogP contribution < -0.4 is 0 Å². The molecule has 0 saturated carbocycles. The molecule has 1 aromatic carbocycles. The molecule has 1 unspecified atom stereocenters. The van der Waals surface area contributed by atoms with Gasteiger partial charge >= 0.3 is 5.97 Å². The molecule has 1 atom stereocenters. The number of hydrogen-bond donors (Lipinski definition) is 2. The minimum Gasteiger partial charge on any atom is -0.478 e. The van der Waals surface area contributed by atoms with Crippen LogP contribution >= 0.6 is 0 Å². The Morgan fingerprint density at radius 2 is 2.00 bits per heavy atom. The van der Waals surface area contributed by atoms with Crippen LogP contribution in [0.1, 0.15) is 43.6 Å². The molecule has 0 bridgehead atoms. The zero-order valence-corrected chi connectivity index (χ0v) is 11.1. The molecule has 0 spiro atoms. The van der Waals surface area contributed by atoms with Gasteiger partial charge in [-0.3, -0.25) is 0 Å². The van der Waals surface area contributed by atoms with Gasteiger partial charge in [-0.05, 0) is 26.0 Å².